The highest BCUT2D eigenvalue weighted by molar-refractivity contribution is 5.93. The fourth-order valence-electron chi connectivity index (χ4n) is 2.68. The van der Waals surface area contributed by atoms with E-state index in [-0.39, 0.29) is 12.5 Å². The van der Waals surface area contributed by atoms with E-state index < -0.39 is 0 Å². The molecule has 0 spiro atoms. The lowest BCUT2D eigenvalue weighted by Crippen LogP contribution is -2.31. The van der Waals surface area contributed by atoms with E-state index in [9.17, 15) is 4.79 Å². The van der Waals surface area contributed by atoms with Crippen LogP contribution >= 0.6 is 0 Å². The molecule has 2 aromatic rings. The molecule has 1 aromatic carbocycles. The number of nitrogens with one attached hydrogen (secondary N) is 1. The van der Waals surface area contributed by atoms with Gasteiger partial charge in [0.1, 0.15) is 18.0 Å². The van der Waals surface area contributed by atoms with Gasteiger partial charge >= 0.3 is 0 Å². The van der Waals surface area contributed by atoms with Gasteiger partial charge in [-0.05, 0) is 25.0 Å². The van der Waals surface area contributed by atoms with E-state index in [1.807, 2.05) is 48.3 Å². The second kappa shape index (κ2) is 7.09. The Kier molecular flexibility index (Phi) is 4.71. The monoisotopic (exact) mass is 311 g/mol. The number of amides is 1. The highest BCUT2D eigenvalue weighted by atomic mass is 16.2. The van der Waals surface area contributed by atoms with Crippen LogP contribution in [0, 0.1) is 0 Å². The fraction of sp³-hybridized carbons (Fsp3) is 0.353. The summed E-state index contributed by atoms with van der Waals surface area (Å²) in [7, 11) is 1.86. The maximum absolute atomic E-state index is 12.1. The van der Waals surface area contributed by atoms with E-state index in [1.165, 1.54) is 12.8 Å². The van der Waals surface area contributed by atoms with Gasteiger partial charge in [-0.1, -0.05) is 18.2 Å². The Morgan fingerprint density at radius 2 is 1.96 bits per heavy atom. The number of aromatic nitrogens is 2. The molecule has 1 aliphatic heterocycles. The van der Waals surface area contributed by atoms with Gasteiger partial charge in [0.05, 0.1) is 6.54 Å². The van der Waals surface area contributed by atoms with Gasteiger partial charge in [0.2, 0.25) is 5.91 Å². The topological polar surface area (TPSA) is 61.4 Å². The van der Waals surface area contributed by atoms with Gasteiger partial charge in [-0.25, -0.2) is 9.97 Å². The molecule has 0 aliphatic carbocycles. The molecule has 6 nitrogen and oxygen atoms in total. The number of hydrogen-bond donors (Lipinski definition) is 1. The minimum atomic E-state index is -0.0694. The maximum Gasteiger partial charge on any atom is 0.243 e. The minimum Gasteiger partial charge on any atom is -0.356 e. The summed E-state index contributed by atoms with van der Waals surface area (Å²) in [5.41, 5.74) is 0.798. The Bertz CT molecular complexity index is 655. The van der Waals surface area contributed by atoms with E-state index >= 15 is 0 Å². The standard InChI is InChI=1S/C17H21N5O/c1-21(12-17(23)20-14-7-3-2-4-8-14)15-11-16(19-13-18-15)22-9-5-6-10-22/h2-4,7-8,11,13H,5-6,9-10,12H2,1H3,(H,20,23). The molecule has 0 atom stereocenters. The van der Waals surface area contributed by atoms with Crippen LogP contribution < -0.4 is 15.1 Å². The van der Waals surface area contributed by atoms with Crippen LogP contribution in [-0.4, -0.2) is 42.6 Å². The molecule has 1 amide bonds. The van der Waals surface area contributed by atoms with Gasteiger partial charge in [-0.2, -0.15) is 0 Å². The number of likely N-dealkylation sites (N-methyl/N-ethyl adjacent to an activating group) is 1. The van der Waals surface area contributed by atoms with Crippen molar-refractivity contribution in [2.24, 2.45) is 0 Å². The summed E-state index contributed by atoms with van der Waals surface area (Å²) in [6.45, 7) is 2.31. The van der Waals surface area contributed by atoms with Gasteiger partial charge in [-0.3, -0.25) is 4.79 Å². The van der Waals surface area contributed by atoms with Gasteiger partial charge in [0, 0.05) is 31.9 Å². The van der Waals surface area contributed by atoms with E-state index in [1.54, 1.807) is 6.33 Å². The number of benzene rings is 1. The van der Waals surface area contributed by atoms with Crippen molar-refractivity contribution in [1.29, 1.82) is 0 Å². The van der Waals surface area contributed by atoms with Gasteiger partial charge < -0.3 is 15.1 Å². The molecule has 0 radical (unpaired) electrons. The molecule has 1 saturated heterocycles. The molecule has 6 heteroatoms. The molecule has 23 heavy (non-hydrogen) atoms. The molecule has 1 N–H and O–H groups in total. The van der Waals surface area contributed by atoms with Crippen LogP contribution in [0.15, 0.2) is 42.7 Å². The van der Waals surface area contributed by atoms with Gasteiger partial charge in [-0.15, -0.1) is 0 Å². The smallest absolute Gasteiger partial charge is 0.243 e. The summed E-state index contributed by atoms with van der Waals surface area (Å²) >= 11 is 0. The van der Waals surface area contributed by atoms with Crippen molar-refractivity contribution in [2.75, 3.05) is 41.8 Å². The first-order chi connectivity index (χ1) is 11.2. The van der Waals surface area contributed by atoms with Crippen LogP contribution in [0.5, 0.6) is 0 Å². The minimum absolute atomic E-state index is 0.0694. The molecule has 2 heterocycles. The van der Waals surface area contributed by atoms with E-state index in [0.29, 0.717) is 0 Å². The second-order valence-corrected chi connectivity index (χ2v) is 5.70. The molecule has 0 saturated carbocycles. The fourth-order valence-corrected chi connectivity index (χ4v) is 2.68. The zero-order chi connectivity index (χ0) is 16.1. The first kappa shape index (κ1) is 15.3. The Labute approximate surface area is 136 Å². The van der Waals surface area contributed by atoms with Crippen LogP contribution in [-0.2, 0) is 4.79 Å². The van der Waals surface area contributed by atoms with Crippen LogP contribution in [0.25, 0.3) is 0 Å². The van der Waals surface area contributed by atoms with E-state index in [2.05, 4.69) is 20.2 Å². The molecule has 0 bridgehead atoms. The number of hydrogen-bond acceptors (Lipinski definition) is 5. The molecule has 1 fully saturated rings. The van der Waals surface area contributed by atoms with Crippen LogP contribution in [0.1, 0.15) is 12.8 Å². The zero-order valence-corrected chi connectivity index (χ0v) is 13.3. The van der Waals surface area contributed by atoms with Crippen LogP contribution in [0.2, 0.25) is 0 Å². The lowest BCUT2D eigenvalue weighted by atomic mass is 10.3. The van der Waals surface area contributed by atoms with Crippen molar-refractivity contribution in [3.05, 3.63) is 42.7 Å². The summed E-state index contributed by atoms with van der Waals surface area (Å²) in [5.74, 6) is 1.62. The Morgan fingerprint density at radius 1 is 1.22 bits per heavy atom. The third-order valence-corrected chi connectivity index (χ3v) is 3.90. The maximum atomic E-state index is 12.1. The Balaban J connectivity index is 1.62. The zero-order valence-electron chi connectivity index (χ0n) is 13.3. The van der Waals surface area contributed by atoms with Crippen molar-refractivity contribution < 1.29 is 4.79 Å². The summed E-state index contributed by atoms with van der Waals surface area (Å²) in [4.78, 5) is 24.8. The number of carbonyl (C=O) groups is 1. The highest BCUT2D eigenvalue weighted by Gasteiger charge is 2.16. The normalized spacial score (nSPS) is 13.9. The second-order valence-electron chi connectivity index (χ2n) is 5.70. The molecule has 0 unspecified atom stereocenters. The molecular weight excluding hydrogens is 290 g/mol. The van der Waals surface area contributed by atoms with Gasteiger partial charge in [0.25, 0.3) is 0 Å². The lowest BCUT2D eigenvalue weighted by Gasteiger charge is -2.21. The summed E-state index contributed by atoms with van der Waals surface area (Å²) in [6, 6.07) is 11.4. The van der Waals surface area contributed by atoms with Crippen molar-refractivity contribution >= 4 is 23.2 Å². The third-order valence-electron chi connectivity index (χ3n) is 3.90. The SMILES string of the molecule is CN(CC(=O)Nc1ccccc1)c1cc(N2CCCC2)ncn1. The average molecular weight is 311 g/mol. The lowest BCUT2D eigenvalue weighted by molar-refractivity contribution is -0.114. The molecular formula is C17H21N5O. The first-order valence-electron chi connectivity index (χ1n) is 7.85. The predicted octanol–water partition coefficient (Wildman–Crippen LogP) is 2.15. The summed E-state index contributed by atoms with van der Waals surface area (Å²) < 4.78 is 0. The molecule has 3 rings (SSSR count). The largest absolute Gasteiger partial charge is 0.356 e. The number of nitrogens with zero attached hydrogens (tertiary/aromatic N) is 4. The average Bonchev–Trinajstić information content (AvgIpc) is 3.10. The van der Waals surface area contributed by atoms with Crippen molar-refractivity contribution in [3.8, 4) is 0 Å². The third kappa shape index (κ3) is 3.97. The number of para-hydroxylation sites is 1. The Hall–Kier alpha value is -2.63. The Morgan fingerprint density at radius 3 is 2.70 bits per heavy atom. The van der Waals surface area contributed by atoms with Crippen LogP contribution in [0.4, 0.5) is 17.3 Å². The molecule has 1 aromatic heterocycles. The molecule has 120 valence electrons. The highest BCUT2D eigenvalue weighted by Crippen LogP contribution is 2.20. The summed E-state index contributed by atoms with van der Waals surface area (Å²) in [5, 5.41) is 2.88. The van der Waals surface area contributed by atoms with E-state index in [0.717, 1.165) is 30.4 Å². The first-order valence-corrected chi connectivity index (χ1v) is 7.85. The number of rotatable bonds is 5. The van der Waals surface area contributed by atoms with Crippen LogP contribution in [0.3, 0.4) is 0 Å². The quantitative estimate of drug-likeness (QED) is 0.917. The van der Waals surface area contributed by atoms with Crippen molar-refractivity contribution in [3.63, 3.8) is 0 Å². The molecule has 1 aliphatic rings. The summed E-state index contributed by atoms with van der Waals surface area (Å²) in [6.07, 6.45) is 3.97. The van der Waals surface area contributed by atoms with E-state index in [4.69, 9.17) is 0 Å². The van der Waals surface area contributed by atoms with Crippen molar-refractivity contribution in [2.45, 2.75) is 12.8 Å². The number of carbonyl (C=O) groups excluding carboxylic acids is 1. The number of anilines is 3. The predicted molar refractivity (Wildman–Crippen MR) is 91.8 cm³/mol. The van der Waals surface area contributed by atoms with Gasteiger partial charge in [0.15, 0.2) is 0 Å². The van der Waals surface area contributed by atoms with Crippen molar-refractivity contribution in [1.82, 2.24) is 9.97 Å².